The third-order valence-corrected chi connectivity index (χ3v) is 3.17. The van der Waals surface area contributed by atoms with Crippen LogP contribution in [0.25, 0.3) is 11.1 Å². The van der Waals surface area contributed by atoms with Crippen LogP contribution in [0.4, 0.5) is 5.69 Å². The molecule has 0 aliphatic heterocycles. The summed E-state index contributed by atoms with van der Waals surface area (Å²) >= 11 is 0. The van der Waals surface area contributed by atoms with Crippen LogP contribution in [0.1, 0.15) is 18.1 Å². The number of oxime groups is 1. The number of nitrogens with one attached hydrogen (secondary N) is 1. The summed E-state index contributed by atoms with van der Waals surface area (Å²) in [6, 6.07) is 13.4. The molecule has 0 spiro atoms. The molecule has 0 atom stereocenters. The van der Waals surface area contributed by atoms with Gasteiger partial charge in [0.1, 0.15) is 5.71 Å². The molecule has 0 fully saturated rings. The highest BCUT2D eigenvalue weighted by molar-refractivity contribution is 6.24. The second kappa shape index (κ2) is 4.24. The number of anilines is 1. The van der Waals surface area contributed by atoms with E-state index in [0.29, 0.717) is 11.4 Å². The predicted molar refractivity (Wildman–Crippen MR) is 73.6 cm³/mol. The van der Waals surface area contributed by atoms with Crippen LogP contribution in [-0.4, -0.2) is 16.8 Å². The second-order valence-corrected chi connectivity index (χ2v) is 4.44. The Morgan fingerprint density at radius 1 is 1.05 bits per heavy atom. The highest BCUT2D eigenvalue weighted by Crippen LogP contribution is 2.37. The fourth-order valence-electron chi connectivity index (χ4n) is 2.43. The molecule has 2 aromatic rings. The van der Waals surface area contributed by atoms with E-state index in [1.807, 2.05) is 42.5 Å². The molecule has 0 aromatic heterocycles. The monoisotopic (exact) mass is 252 g/mol. The maximum absolute atomic E-state index is 11.1. The molecule has 3 rings (SSSR count). The molecule has 2 aromatic carbocycles. The number of nitrogens with zero attached hydrogens (tertiary/aromatic N) is 1. The van der Waals surface area contributed by atoms with Crippen molar-refractivity contribution in [3.63, 3.8) is 0 Å². The molecule has 94 valence electrons. The zero-order valence-corrected chi connectivity index (χ0v) is 10.3. The molecule has 0 saturated carbocycles. The number of hydrogen-bond donors (Lipinski definition) is 2. The summed E-state index contributed by atoms with van der Waals surface area (Å²) in [4.78, 5) is 11.1. The molecule has 19 heavy (non-hydrogen) atoms. The Morgan fingerprint density at radius 2 is 1.74 bits per heavy atom. The van der Waals surface area contributed by atoms with Gasteiger partial charge in [0.15, 0.2) is 0 Å². The minimum Gasteiger partial charge on any atom is -0.410 e. The smallest absolute Gasteiger partial charge is 0.221 e. The van der Waals surface area contributed by atoms with Gasteiger partial charge >= 0.3 is 0 Å². The van der Waals surface area contributed by atoms with Gasteiger partial charge in [-0.25, -0.2) is 0 Å². The first-order chi connectivity index (χ1) is 9.20. The Labute approximate surface area is 110 Å². The van der Waals surface area contributed by atoms with Gasteiger partial charge in [-0.05, 0) is 23.3 Å². The average Bonchev–Trinajstić information content (AvgIpc) is 2.71. The Balaban J connectivity index is 2.18. The summed E-state index contributed by atoms with van der Waals surface area (Å²) in [5.74, 6) is -0.127. The number of carbonyl (C=O) groups excluding carboxylic acids is 1. The van der Waals surface area contributed by atoms with Crippen molar-refractivity contribution in [1.82, 2.24) is 0 Å². The fraction of sp³-hybridized carbons (Fsp3) is 0.0667. The van der Waals surface area contributed by atoms with Gasteiger partial charge < -0.3 is 10.5 Å². The third-order valence-electron chi connectivity index (χ3n) is 3.17. The summed E-state index contributed by atoms with van der Waals surface area (Å²) in [5, 5.41) is 15.4. The quantitative estimate of drug-likeness (QED) is 0.516. The maximum atomic E-state index is 11.1. The summed E-state index contributed by atoms with van der Waals surface area (Å²) in [6.45, 7) is 1.46. The Morgan fingerprint density at radius 3 is 2.42 bits per heavy atom. The number of benzene rings is 2. The van der Waals surface area contributed by atoms with E-state index in [2.05, 4.69) is 10.5 Å². The van der Waals surface area contributed by atoms with E-state index < -0.39 is 0 Å². The molecule has 4 heteroatoms. The Bertz CT molecular complexity index is 705. The van der Waals surface area contributed by atoms with Crippen LogP contribution in [0.5, 0.6) is 0 Å². The first kappa shape index (κ1) is 11.5. The van der Waals surface area contributed by atoms with Gasteiger partial charge in [-0.15, -0.1) is 0 Å². The molecule has 4 nitrogen and oxygen atoms in total. The van der Waals surface area contributed by atoms with Crippen molar-refractivity contribution in [2.75, 3.05) is 5.32 Å². The fourth-order valence-corrected chi connectivity index (χ4v) is 2.43. The van der Waals surface area contributed by atoms with Crippen molar-refractivity contribution in [3.05, 3.63) is 53.6 Å². The Hall–Kier alpha value is -2.62. The number of rotatable bonds is 1. The minimum atomic E-state index is -0.127. The highest BCUT2D eigenvalue weighted by Gasteiger charge is 2.25. The zero-order valence-electron chi connectivity index (χ0n) is 10.3. The lowest BCUT2D eigenvalue weighted by Gasteiger charge is -2.05. The molecule has 2 N–H and O–H groups in total. The van der Waals surface area contributed by atoms with Gasteiger partial charge in [0, 0.05) is 23.7 Å². The first-order valence-corrected chi connectivity index (χ1v) is 5.94. The molecule has 1 aliphatic carbocycles. The van der Waals surface area contributed by atoms with Gasteiger partial charge in [0.25, 0.3) is 0 Å². The number of carbonyl (C=O) groups is 1. The molecule has 1 amide bonds. The lowest BCUT2D eigenvalue weighted by atomic mass is 10.1. The average molecular weight is 252 g/mol. The van der Waals surface area contributed by atoms with Crippen molar-refractivity contribution >= 4 is 17.3 Å². The van der Waals surface area contributed by atoms with E-state index in [0.717, 1.165) is 22.3 Å². The maximum Gasteiger partial charge on any atom is 0.221 e. The van der Waals surface area contributed by atoms with Crippen LogP contribution in [0.3, 0.4) is 0 Å². The molecule has 1 aliphatic rings. The van der Waals surface area contributed by atoms with E-state index in [1.54, 1.807) is 0 Å². The highest BCUT2D eigenvalue weighted by atomic mass is 16.4. The minimum absolute atomic E-state index is 0.127. The van der Waals surface area contributed by atoms with Crippen LogP contribution in [0, 0.1) is 0 Å². The topological polar surface area (TPSA) is 61.7 Å². The molecular formula is C15H12N2O2. The third kappa shape index (κ3) is 1.78. The molecule has 0 saturated heterocycles. The zero-order chi connectivity index (χ0) is 13.4. The van der Waals surface area contributed by atoms with Crippen molar-refractivity contribution in [1.29, 1.82) is 0 Å². The lowest BCUT2D eigenvalue weighted by molar-refractivity contribution is -0.114. The van der Waals surface area contributed by atoms with Crippen molar-refractivity contribution in [3.8, 4) is 11.1 Å². The van der Waals surface area contributed by atoms with E-state index in [1.165, 1.54) is 6.92 Å². The lowest BCUT2D eigenvalue weighted by Crippen LogP contribution is -2.06. The first-order valence-electron chi connectivity index (χ1n) is 5.94. The summed E-state index contributed by atoms with van der Waals surface area (Å²) in [5.41, 5.74) is 5.02. The number of fused-ring (bicyclic) bond motifs is 3. The van der Waals surface area contributed by atoms with Gasteiger partial charge in [-0.3, -0.25) is 4.79 Å². The van der Waals surface area contributed by atoms with Crippen molar-refractivity contribution in [2.45, 2.75) is 6.92 Å². The molecule has 0 radical (unpaired) electrons. The van der Waals surface area contributed by atoms with Crippen LogP contribution in [-0.2, 0) is 4.79 Å². The summed E-state index contributed by atoms with van der Waals surface area (Å²) in [6.07, 6.45) is 0. The van der Waals surface area contributed by atoms with Crippen molar-refractivity contribution < 1.29 is 10.0 Å². The normalized spacial score (nSPS) is 14.1. The van der Waals surface area contributed by atoms with E-state index in [4.69, 9.17) is 0 Å². The molecule has 0 bridgehead atoms. The SMILES string of the molecule is CC(=O)Nc1ccc2c(c1)C(=NO)c1ccccc1-2. The van der Waals surface area contributed by atoms with Crippen LogP contribution in [0.2, 0.25) is 0 Å². The molecule has 0 unspecified atom stereocenters. The molecular weight excluding hydrogens is 240 g/mol. The summed E-state index contributed by atoms with van der Waals surface area (Å²) < 4.78 is 0. The van der Waals surface area contributed by atoms with E-state index in [-0.39, 0.29) is 5.91 Å². The predicted octanol–water partition coefficient (Wildman–Crippen LogP) is 2.85. The van der Waals surface area contributed by atoms with E-state index >= 15 is 0 Å². The van der Waals surface area contributed by atoms with E-state index in [9.17, 15) is 10.0 Å². The van der Waals surface area contributed by atoms with Crippen molar-refractivity contribution in [2.24, 2.45) is 5.16 Å². The largest absolute Gasteiger partial charge is 0.410 e. The second-order valence-electron chi connectivity index (χ2n) is 4.44. The Kier molecular flexibility index (Phi) is 2.56. The van der Waals surface area contributed by atoms with Gasteiger partial charge in [0.2, 0.25) is 5.91 Å². The molecule has 0 heterocycles. The number of amides is 1. The van der Waals surface area contributed by atoms with Gasteiger partial charge in [-0.1, -0.05) is 35.5 Å². The standard InChI is InChI=1S/C15H12N2O2/c1-9(18)16-10-6-7-12-11-4-2-3-5-13(11)15(17-19)14(12)8-10/h2-8,19H,1H3,(H,16,18). The van der Waals surface area contributed by atoms with Gasteiger partial charge in [0.05, 0.1) is 0 Å². The van der Waals surface area contributed by atoms with Crippen LogP contribution >= 0.6 is 0 Å². The van der Waals surface area contributed by atoms with Crippen LogP contribution in [0.15, 0.2) is 47.6 Å². The summed E-state index contributed by atoms with van der Waals surface area (Å²) in [7, 11) is 0. The number of hydrogen-bond acceptors (Lipinski definition) is 3. The van der Waals surface area contributed by atoms with Gasteiger partial charge in [-0.2, -0.15) is 0 Å². The van der Waals surface area contributed by atoms with Crippen LogP contribution < -0.4 is 5.32 Å².